The number of rotatable bonds is 7. The van der Waals surface area contributed by atoms with Gasteiger partial charge in [0.15, 0.2) is 0 Å². The normalized spacial score (nSPS) is 18.6. The van der Waals surface area contributed by atoms with Crippen LogP contribution in [0.3, 0.4) is 0 Å². The standard InChI is InChI=1S/C15H30N2O/c1-3-11-17(15(18)10-9-13(2)16)12-14-7-5-4-6-8-14/h13-14H,3-12,16H2,1-2H3. The van der Waals surface area contributed by atoms with Gasteiger partial charge in [-0.3, -0.25) is 4.79 Å². The van der Waals surface area contributed by atoms with Crippen LogP contribution in [0.4, 0.5) is 0 Å². The highest BCUT2D eigenvalue weighted by Gasteiger charge is 2.20. The zero-order chi connectivity index (χ0) is 13.4. The van der Waals surface area contributed by atoms with Crippen molar-refractivity contribution < 1.29 is 4.79 Å². The Morgan fingerprint density at radius 1 is 1.33 bits per heavy atom. The molecule has 106 valence electrons. The molecule has 1 unspecified atom stereocenters. The number of nitrogens with zero attached hydrogens (tertiary/aromatic N) is 1. The van der Waals surface area contributed by atoms with Crippen molar-refractivity contribution in [2.75, 3.05) is 13.1 Å². The molecule has 1 atom stereocenters. The van der Waals surface area contributed by atoms with Crippen LogP contribution in [-0.2, 0) is 4.79 Å². The highest BCUT2D eigenvalue weighted by Crippen LogP contribution is 2.24. The summed E-state index contributed by atoms with van der Waals surface area (Å²) >= 11 is 0. The molecule has 3 heteroatoms. The molecule has 1 aliphatic rings. The lowest BCUT2D eigenvalue weighted by molar-refractivity contribution is -0.132. The van der Waals surface area contributed by atoms with Crippen LogP contribution in [0.15, 0.2) is 0 Å². The first-order chi connectivity index (χ1) is 8.63. The summed E-state index contributed by atoms with van der Waals surface area (Å²) in [6.07, 6.45) is 9.16. The predicted molar refractivity (Wildman–Crippen MR) is 76.3 cm³/mol. The SMILES string of the molecule is CCCN(CC1CCCCC1)C(=O)CCC(C)N. The zero-order valence-corrected chi connectivity index (χ0v) is 12.2. The van der Waals surface area contributed by atoms with Gasteiger partial charge >= 0.3 is 0 Å². The van der Waals surface area contributed by atoms with Crippen molar-refractivity contribution >= 4 is 5.91 Å². The van der Waals surface area contributed by atoms with Gasteiger partial charge in [0.2, 0.25) is 5.91 Å². The van der Waals surface area contributed by atoms with Crippen molar-refractivity contribution in [1.82, 2.24) is 4.90 Å². The maximum atomic E-state index is 12.2. The number of nitrogens with two attached hydrogens (primary N) is 1. The van der Waals surface area contributed by atoms with E-state index in [0.29, 0.717) is 12.3 Å². The van der Waals surface area contributed by atoms with Gasteiger partial charge < -0.3 is 10.6 Å². The Hall–Kier alpha value is -0.570. The Kier molecular flexibility index (Phi) is 7.33. The van der Waals surface area contributed by atoms with Gasteiger partial charge in [-0.25, -0.2) is 0 Å². The molecule has 0 bridgehead atoms. The topological polar surface area (TPSA) is 46.3 Å². The molecule has 1 aliphatic carbocycles. The van der Waals surface area contributed by atoms with Crippen molar-refractivity contribution in [3.8, 4) is 0 Å². The lowest BCUT2D eigenvalue weighted by atomic mass is 9.89. The summed E-state index contributed by atoms with van der Waals surface area (Å²) in [6.45, 7) is 6.01. The Balaban J connectivity index is 2.39. The summed E-state index contributed by atoms with van der Waals surface area (Å²) in [6, 6.07) is 0.132. The predicted octanol–water partition coefficient (Wildman–Crippen LogP) is 2.93. The number of hydrogen-bond donors (Lipinski definition) is 1. The van der Waals surface area contributed by atoms with Gasteiger partial charge in [0.1, 0.15) is 0 Å². The summed E-state index contributed by atoms with van der Waals surface area (Å²) in [5, 5.41) is 0. The largest absolute Gasteiger partial charge is 0.342 e. The first kappa shape index (κ1) is 15.5. The quantitative estimate of drug-likeness (QED) is 0.759. The second kappa shape index (κ2) is 8.52. The third-order valence-electron chi connectivity index (χ3n) is 3.86. The van der Waals surface area contributed by atoms with Crippen LogP contribution in [0.2, 0.25) is 0 Å². The lowest BCUT2D eigenvalue weighted by Gasteiger charge is -2.30. The fraction of sp³-hybridized carbons (Fsp3) is 0.933. The molecule has 0 aromatic heterocycles. The molecule has 2 N–H and O–H groups in total. The van der Waals surface area contributed by atoms with Gasteiger partial charge in [-0.1, -0.05) is 26.2 Å². The van der Waals surface area contributed by atoms with Crippen molar-refractivity contribution in [3.63, 3.8) is 0 Å². The van der Waals surface area contributed by atoms with Crippen LogP contribution in [0.25, 0.3) is 0 Å². The third kappa shape index (κ3) is 5.85. The lowest BCUT2D eigenvalue weighted by Crippen LogP contribution is -2.37. The van der Waals surface area contributed by atoms with Gasteiger partial charge in [0.25, 0.3) is 0 Å². The van der Waals surface area contributed by atoms with E-state index in [9.17, 15) is 4.79 Å². The molecule has 18 heavy (non-hydrogen) atoms. The molecule has 1 rings (SSSR count). The van der Waals surface area contributed by atoms with E-state index in [4.69, 9.17) is 5.73 Å². The van der Waals surface area contributed by atoms with Gasteiger partial charge in [0.05, 0.1) is 0 Å². The van der Waals surface area contributed by atoms with E-state index in [2.05, 4.69) is 11.8 Å². The van der Waals surface area contributed by atoms with Crippen LogP contribution in [-0.4, -0.2) is 29.9 Å². The van der Waals surface area contributed by atoms with E-state index in [1.807, 2.05) is 6.92 Å². The molecule has 0 saturated heterocycles. The van der Waals surface area contributed by atoms with Crippen molar-refractivity contribution in [2.24, 2.45) is 11.7 Å². The van der Waals surface area contributed by atoms with Crippen LogP contribution in [0, 0.1) is 5.92 Å². The van der Waals surface area contributed by atoms with E-state index < -0.39 is 0 Å². The molecule has 3 nitrogen and oxygen atoms in total. The summed E-state index contributed by atoms with van der Waals surface area (Å²) in [7, 11) is 0. The molecular weight excluding hydrogens is 224 g/mol. The molecule has 0 aromatic rings. The second-order valence-corrected chi connectivity index (χ2v) is 5.86. The van der Waals surface area contributed by atoms with E-state index in [-0.39, 0.29) is 6.04 Å². The molecule has 1 amide bonds. The summed E-state index contributed by atoms with van der Waals surface area (Å²) < 4.78 is 0. The van der Waals surface area contributed by atoms with Crippen molar-refractivity contribution in [3.05, 3.63) is 0 Å². The van der Waals surface area contributed by atoms with Gasteiger partial charge in [-0.2, -0.15) is 0 Å². The smallest absolute Gasteiger partial charge is 0.222 e. The molecule has 0 aliphatic heterocycles. The Bertz CT molecular complexity index is 235. The average Bonchev–Trinajstić information content (AvgIpc) is 2.36. The van der Waals surface area contributed by atoms with Crippen molar-refractivity contribution in [2.45, 2.75) is 71.3 Å². The number of hydrogen-bond acceptors (Lipinski definition) is 2. The van der Waals surface area contributed by atoms with E-state index >= 15 is 0 Å². The monoisotopic (exact) mass is 254 g/mol. The molecule has 0 radical (unpaired) electrons. The highest BCUT2D eigenvalue weighted by atomic mass is 16.2. The molecule has 1 fully saturated rings. The molecule has 0 spiro atoms. The zero-order valence-electron chi connectivity index (χ0n) is 12.2. The Labute approximate surface area is 112 Å². The van der Waals surface area contributed by atoms with Gasteiger partial charge in [-0.05, 0) is 38.5 Å². The fourth-order valence-corrected chi connectivity index (χ4v) is 2.78. The van der Waals surface area contributed by atoms with Crippen LogP contribution in [0.1, 0.15) is 65.2 Å². The first-order valence-corrected chi connectivity index (χ1v) is 7.66. The minimum absolute atomic E-state index is 0.132. The number of carbonyl (C=O) groups is 1. The fourth-order valence-electron chi connectivity index (χ4n) is 2.78. The first-order valence-electron chi connectivity index (χ1n) is 7.66. The number of carbonyl (C=O) groups excluding carboxylic acids is 1. The second-order valence-electron chi connectivity index (χ2n) is 5.86. The van der Waals surface area contributed by atoms with E-state index in [1.165, 1.54) is 32.1 Å². The summed E-state index contributed by atoms with van der Waals surface area (Å²) in [4.78, 5) is 14.3. The summed E-state index contributed by atoms with van der Waals surface area (Å²) in [5.74, 6) is 1.05. The van der Waals surface area contributed by atoms with Crippen LogP contribution >= 0.6 is 0 Å². The maximum absolute atomic E-state index is 12.2. The van der Waals surface area contributed by atoms with E-state index in [1.54, 1.807) is 0 Å². The molecule has 1 saturated carbocycles. The minimum Gasteiger partial charge on any atom is -0.342 e. The van der Waals surface area contributed by atoms with Gasteiger partial charge in [0, 0.05) is 25.6 Å². The molecule has 0 aromatic carbocycles. The average molecular weight is 254 g/mol. The minimum atomic E-state index is 0.132. The Morgan fingerprint density at radius 2 is 2.00 bits per heavy atom. The summed E-state index contributed by atoms with van der Waals surface area (Å²) in [5.41, 5.74) is 5.73. The maximum Gasteiger partial charge on any atom is 0.222 e. The highest BCUT2D eigenvalue weighted by molar-refractivity contribution is 5.76. The third-order valence-corrected chi connectivity index (χ3v) is 3.86. The molecular formula is C15H30N2O. The van der Waals surface area contributed by atoms with Crippen LogP contribution < -0.4 is 5.73 Å². The number of amides is 1. The van der Waals surface area contributed by atoms with E-state index in [0.717, 1.165) is 31.8 Å². The van der Waals surface area contributed by atoms with Crippen LogP contribution in [0.5, 0.6) is 0 Å². The Morgan fingerprint density at radius 3 is 2.56 bits per heavy atom. The molecule has 0 heterocycles. The van der Waals surface area contributed by atoms with Gasteiger partial charge in [-0.15, -0.1) is 0 Å². The van der Waals surface area contributed by atoms with Crippen molar-refractivity contribution in [1.29, 1.82) is 0 Å².